The molecule has 0 aromatic rings. The lowest BCUT2D eigenvalue weighted by Crippen LogP contribution is -2.70. The van der Waals surface area contributed by atoms with Gasteiger partial charge >= 0.3 is 11.9 Å². The van der Waals surface area contributed by atoms with Gasteiger partial charge in [0.2, 0.25) is 12.2 Å². The van der Waals surface area contributed by atoms with Gasteiger partial charge in [-0.2, -0.15) is 0 Å². The number of allylic oxidation sites excluding steroid dienone is 2. The van der Waals surface area contributed by atoms with Crippen molar-refractivity contribution in [2.24, 2.45) is 50.2 Å². The van der Waals surface area contributed by atoms with Gasteiger partial charge in [-0.15, -0.1) is 0 Å². The molecule has 39 nitrogen and oxygen atoms in total. The predicted molar refractivity (Wildman–Crippen MR) is 412 cm³/mol. The van der Waals surface area contributed by atoms with Crippen molar-refractivity contribution < 1.29 is 188 Å². The summed E-state index contributed by atoms with van der Waals surface area (Å²) in [6.07, 6.45) is -45.3. The summed E-state index contributed by atoms with van der Waals surface area (Å²) in [6.45, 7) is 12.9. The number of carbonyl (C=O) groups is 4. The van der Waals surface area contributed by atoms with Gasteiger partial charge < -0.3 is 179 Å². The first-order chi connectivity index (χ1) is 57.6. The van der Waals surface area contributed by atoms with Crippen molar-refractivity contribution in [1.29, 1.82) is 0 Å². The zero-order valence-corrected chi connectivity index (χ0v) is 70.6. The molecule has 0 bridgehead atoms. The van der Waals surface area contributed by atoms with Gasteiger partial charge in [0.05, 0.1) is 62.3 Å². The molecule has 39 heteroatoms. The van der Waals surface area contributed by atoms with Gasteiger partial charge in [-0.05, 0) is 123 Å². The number of amides is 1. The number of fused-ring (bicyclic) bond motifs is 7. The van der Waals surface area contributed by atoms with E-state index in [1.165, 1.54) is 6.92 Å². The fourth-order valence-corrected chi connectivity index (χ4v) is 22.5. The lowest BCUT2D eigenvalue weighted by molar-refractivity contribution is -0.391. The number of ether oxygens (including phenoxy) is 14. The van der Waals surface area contributed by atoms with Crippen LogP contribution in [-0.2, 0) is 85.5 Å². The standard InChI is InChI=1S/C83H135NO38/c1-9-41-52(94)55(97)60(102)70(113-41)109-28-18-16-14-12-10-11-13-15-17-19-48(91)84-49-42(31-85)114-75(67(54(49)96)120-73-62(104)57(99)64(36(2)112-73)117-71-58(100)50(92)39(88)33-110-71)122-77(108)83-27-26-78(3,4)29-38(83)37-20-21-45-79(5)24-23-47(80(6,35-87)44(79)22-25-81(45,7)82(37,8)30-46(83)90)116-76-68(121-74-61(103)56(98)53(95)43(32-86)115-74)65(63(105)66(119-76)69(106)107)118-72-59(101)51(93)40(89)34-111-72/h20,35-36,38-47,49-68,70-76,85-86,88-90,92-105H,9-19,21-34H2,1-8H3,(H,84,91)(H,106,107)/t36?,38?,39-,40-,41?,42?,43?,44-,45?,46?,47+,49+,50?,51+,52+,53+,54?,55?,56+,57?,58?,59?,60?,61?,62?,63+,64+,65+,66?,67?,68?,70-,71+,72+,73+,74+,75+,76-,79?,80-,81+,82-,83-/m1/s1. The summed E-state index contributed by atoms with van der Waals surface area (Å²) in [6, 6.07) is -1.47. The van der Waals surface area contributed by atoms with E-state index in [1.807, 2.05) is 0 Å². The molecule has 12 rings (SSSR count). The first-order valence-electron chi connectivity index (χ1n) is 43.7. The van der Waals surface area contributed by atoms with Crippen LogP contribution in [0.2, 0.25) is 0 Å². The van der Waals surface area contributed by atoms with E-state index in [4.69, 9.17) is 66.3 Å². The molecule has 0 spiro atoms. The fourth-order valence-electron chi connectivity index (χ4n) is 22.5. The highest BCUT2D eigenvalue weighted by Crippen LogP contribution is 2.76. The van der Waals surface area contributed by atoms with Crippen molar-refractivity contribution in [3.8, 4) is 0 Å². The minimum absolute atomic E-state index is 0.000369. The van der Waals surface area contributed by atoms with Crippen molar-refractivity contribution in [3.05, 3.63) is 11.6 Å². The maximum absolute atomic E-state index is 16.2. The summed E-state index contributed by atoms with van der Waals surface area (Å²) in [7, 11) is 0. The highest BCUT2D eigenvalue weighted by atomic mass is 16.8. The minimum atomic E-state index is -2.24. The molecular weight excluding hydrogens is 1620 g/mol. The van der Waals surface area contributed by atoms with E-state index in [0.29, 0.717) is 70.8 Å². The van der Waals surface area contributed by atoms with Crippen LogP contribution in [-0.4, -0.2) is 374 Å². The molecule has 20 unspecified atom stereocenters. The Morgan fingerprint density at radius 2 is 1.05 bits per heavy atom. The number of hydrogen-bond acceptors (Lipinski definition) is 37. The summed E-state index contributed by atoms with van der Waals surface area (Å²) >= 11 is 0. The second-order valence-electron chi connectivity index (χ2n) is 38.1. The molecule has 5 aliphatic carbocycles. The number of aliphatic hydroxyl groups excluding tert-OH is 19. The Hall–Kier alpha value is -3.46. The molecule has 4 saturated carbocycles. The van der Waals surface area contributed by atoms with E-state index < -0.39 is 303 Å². The highest BCUT2D eigenvalue weighted by molar-refractivity contribution is 5.80. The Morgan fingerprint density at radius 1 is 0.508 bits per heavy atom. The minimum Gasteiger partial charge on any atom is -0.479 e. The summed E-state index contributed by atoms with van der Waals surface area (Å²) in [5.74, 6) is -4.76. The van der Waals surface area contributed by atoms with Crippen molar-refractivity contribution in [2.45, 2.75) is 399 Å². The van der Waals surface area contributed by atoms with Crippen LogP contribution in [0.1, 0.15) is 184 Å². The van der Waals surface area contributed by atoms with Gasteiger partial charge in [-0.3, -0.25) is 9.59 Å². The van der Waals surface area contributed by atoms with Crippen molar-refractivity contribution in [1.82, 2.24) is 5.32 Å². The zero-order valence-electron chi connectivity index (χ0n) is 70.6. The lowest BCUT2D eigenvalue weighted by Gasteiger charge is -2.71. The number of nitrogens with one attached hydrogen (secondary N) is 1. The van der Waals surface area contributed by atoms with Crippen LogP contribution in [0.5, 0.6) is 0 Å². The lowest BCUT2D eigenvalue weighted by atomic mass is 9.33. The fraction of sp³-hybridized carbons (Fsp3) is 0.928. The van der Waals surface area contributed by atoms with E-state index in [-0.39, 0.29) is 31.6 Å². The maximum atomic E-state index is 16.2. The van der Waals surface area contributed by atoms with Gasteiger partial charge in [-0.25, -0.2) is 4.79 Å². The van der Waals surface area contributed by atoms with Crippen LogP contribution >= 0.6 is 0 Å². The smallest absolute Gasteiger partial charge is 0.335 e. The second-order valence-corrected chi connectivity index (χ2v) is 38.1. The van der Waals surface area contributed by atoms with Crippen molar-refractivity contribution >= 4 is 24.1 Å². The van der Waals surface area contributed by atoms with Gasteiger partial charge in [-0.1, -0.05) is 105 Å². The van der Waals surface area contributed by atoms with Crippen LogP contribution in [0.15, 0.2) is 11.6 Å². The number of esters is 1. The third-order valence-corrected chi connectivity index (χ3v) is 30.0. The van der Waals surface area contributed by atoms with Gasteiger partial charge in [0.15, 0.2) is 49.9 Å². The molecule has 700 valence electrons. The Balaban J connectivity index is 0.758. The zero-order chi connectivity index (χ0) is 88.9. The molecule has 122 heavy (non-hydrogen) atoms. The number of carbonyl (C=O) groups excluding carboxylic acids is 3. The molecule has 0 radical (unpaired) electrons. The molecular formula is C83H135NO38. The Labute approximate surface area is 708 Å². The van der Waals surface area contributed by atoms with Crippen LogP contribution in [0, 0.1) is 50.2 Å². The van der Waals surface area contributed by atoms with E-state index >= 15 is 4.79 Å². The third-order valence-electron chi connectivity index (χ3n) is 30.0. The number of aldehydes is 1. The normalized spacial score (nSPS) is 49.6. The first-order valence-corrected chi connectivity index (χ1v) is 43.7. The van der Waals surface area contributed by atoms with E-state index in [0.717, 1.165) is 50.4 Å². The summed E-state index contributed by atoms with van der Waals surface area (Å²) in [5.41, 5.74) is -5.11. The number of carboxylic acid groups (broad SMARTS) is 1. The monoisotopic (exact) mass is 1750 g/mol. The third kappa shape index (κ3) is 18.8. The van der Waals surface area contributed by atoms with Crippen molar-refractivity contribution in [3.63, 3.8) is 0 Å². The van der Waals surface area contributed by atoms with Crippen LogP contribution < -0.4 is 5.32 Å². The molecule has 43 atom stereocenters. The van der Waals surface area contributed by atoms with E-state index in [2.05, 4.69) is 46.0 Å². The SMILES string of the molecule is CCC1O[C@@H](OCCCCCCCCCCCC(=O)N[C@H]2C(CO)O[C@@H](OC(=O)[C@]34CCC(C)(C)CC3C3=CCC5C6(C)CC[C@H](O[C@@H]7OC(C(=O)O)[C@@H](O)[C@H](O[C@@H]8OC[C@@H](O)[C@H](O)C8O)C7O[C@@H]7OC(CO)[C@H](O)[C@H](O)C7O)[C@](C)(C=O)[C@@H]6CC[C@]5(C)[C@]3(C)CC4O)C(O[C@@H]3OC(C)[C@H](O[C@@H]4OC[C@@H](O)C(O)C4O)C(O)C3O)C2O)C(O)C(O)[C@H]1O. The number of rotatable bonds is 31. The maximum Gasteiger partial charge on any atom is 0.335 e. The number of aliphatic hydroxyl groups is 19. The summed E-state index contributed by atoms with van der Waals surface area (Å²) < 4.78 is 84.6. The topological polar surface area (TPSA) is 614 Å². The van der Waals surface area contributed by atoms with Crippen LogP contribution in [0.25, 0.3) is 0 Å². The van der Waals surface area contributed by atoms with Crippen LogP contribution in [0.4, 0.5) is 0 Å². The quantitative estimate of drug-likeness (QED) is 0.0105. The Kier molecular flexibility index (Phi) is 31.8. The molecule has 7 saturated heterocycles. The first kappa shape index (κ1) is 97.6. The molecule has 21 N–H and O–H groups in total. The Morgan fingerprint density at radius 3 is 1.66 bits per heavy atom. The average molecular weight is 1750 g/mol. The van der Waals surface area contributed by atoms with Gasteiger partial charge in [0, 0.05) is 13.0 Å². The molecule has 7 aliphatic heterocycles. The second kappa shape index (κ2) is 39.7. The van der Waals surface area contributed by atoms with E-state index in [9.17, 15) is 117 Å². The largest absolute Gasteiger partial charge is 0.479 e. The van der Waals surface area contributed by atoms with Gasteiger partial charge in [0.1, 0.15) is 140 Å². The summed E-state index contributed by atoms with van der Waals surface area (Å²) in [5, 5.41) is 223. The molecule has 0 aromatic carbocycles. The number of hydrogen-bond donors (Lipinski definition) is 21. The highest BCUT2D eigenvalue weighted by Gasteiger charge is 2.73. The predicted octanol–water partition coefficient (Wildman–Crippen LogP) is -3.58. The van der Waals surface area contributed by atoms with Crippen molar-refractivity contribution in [2.75, 3.05) is 33.0 Å². The van der Waals surface area contributed by atoms with Gasteiger partial charge in [0.25, 0.3) is 0 Å². The summed E-state index contributed by atoms with van der Waals surface area (Å²) in [4.78, 5) is 57.6. The number of unbranched alkanes of at least 4 members (excludes halogenated alkanes) is 8. The molecule has 11 fully saturated rings. The Bertz CT molecular complexity index is 3490. The number of aliphatic carboxylic acids is 1. The molecule has 1 amide bonds. The molecule has 0 aromatic heterocycles. The molecule has 12 aliphatic rings. The number of carboxylic acids is 1. The molecule has 7 heterocycles. The average Bonchev–Trinajstić information content (AvgIpc) is 0.668. The van der Waals surface area contributed by atoms with Crippen LogP contribution in [0.3, 0.4) is 0 Å². The van der Waals surface area contributed by atoms with E-state index in [1.54, 1.807) is 13.8 Å².